The van der Waals surface area contributed by atoms with Gasteiger partial charge in [-0.3, -0.25) is 4.79 Å². The van der Waals surface area contributed by atoms with E-state index in [1.54, 1.807) is 24.3 Å². The molecule has 1 aromatic carbocycles. The van der Waals surface area contributed by atoms with E-state index >= 15 is 0 Å². The van der Waals surface area contributed by atoms with Crippen molar-refractivity contribution in [2.24, 2.45) is 0 Å². The molecule has 0 aromatic heterocycles. The topological polar surface area (TPSA) is 61.5 Å². The first kappa shape index (κ1) is 10.4. The van der Waals surface area contributed by atoms with Gasteiger partial charge in [0.15, 0.2) is 0 Å². The molecule has 0 saturated carbocycles. The Morgan fingerprint density at radius 3 is 2.50 bits per heavy atom. The Hall–Kier alpha value is -1.71. The van der Waals surface area contributed by atoms with Gasteiger partial charge in [-0.15, -0.1) is 0 Å². The summed E-state index contributed by atoms with van der Waals surface area (Å²) >= 11 is 0. The maximum absolute atomic E-state index is 10.4. The van der Waals surface area contributed by atoms with Gasteiger partial charge in [0, 0.05) is 12.6 Å². The number of carbonyl (C=O) groups excluding carboxylic acids is 1. The molecular weight excluding hydrogens is 182 g/mol. The molecule has 0 aliphatic rings. The number of nitrogen functional groups attached to an aromatic ring is 1. The fourth-order valence-corrected chi connectivity index (χ4v) is 0.909. The standard InChI is InChI=1S/C10H13NO3/c1-8(12)13-6-7-14-10-4-2-9(11)3-5-10/h2-5H,6-7,11H2,1H3. The van der Waals surface area contributed by atoms with Crippen molar-refractivity contribution in [1.82, 2.24) is 0 Å². The predicted molar refractivity (Wildman–Crippen MR) is 53.0 cm³/mol. The van der Waals surface area contributed by atoms with Crippen LogP contribution in [0.2, 0.25) is 0 Å². The highest BCUT2D eigenvalue weighted by atomic mass is 16.6. The van der Waals surface area contributed by atoms with Crippen LogP contribution in [-0.2, 0) is 9.53 Å². The average Bonchev–Trinajstić information content (AvgIpc) is 2.15. The van der Waals surface area contributed by atoms with Gasteiger partial charge in [-0.25, -0.2) is 0 Å². The van der Waals surface area contributed by atoms with Gasteiger partial charge < -0.3 is 15.2 Å². The summed E-state index contributed by atoms with van der Waals surface area (Å²) in [5.41, 5.74) is 6.19. The zero-order chi connectivity index (χ0) is 10.4. The smallest absolute Gasteiger partial charge is 0.302 e. The van der Waals surface area contributed by atoms with Crippen LogP contribution in [0.1, 0.15) is 6.92 Å². The molecule has 0 radical (unpaired) electrons. The van der Waals surface area contributed by atoms with Crippen molar-refractivity contribution in [2.75, 3.05) is 18.9 Å². The van der Waals surface area contributed by atoms with Crippen molar-refractivity contribution >= 4 is 11.7 Å². The Balaban J connectivity index is 2.25. The van der Waals surface area contributed by atoms with Crippen LogP contribution in [0.4, 0.5) is 5.69 Å². The SMILES string of the molecule is CC(=O)OCCOc1ccc(N)cc1. The monoisotopic (exact) mass is 195 g/mol. The van der Waals surface area contributed by atoms with E-state index in [9.17, 15) is 4.79 Å². The van der Waals surface area contributed by atoms with Crippen LogP contribution in [-0.4, -0.2) is 19.2 Å². The molecule has 0 aliphatic heterocycles. The lowest BCUT2D eigenvalue weighted by molar-refractivity contribution is -0.141. The molecule has 0 aliphatic carbocycles. The molecule has 0 amide bonds. The van der Waals surface area contributed by atoms with E-state index in [2.05, 4.69) is 0 Å². The first-order chi connectivity index (χ1) is 6.68. The number of rotatable bonds is 4. The maximum atomic E-state index is 10.4. The number of esters is 1. The number of ether oxygens (including phenoxy) is 2. The van der Waals surface area contributed by atoms with Crippen molar-refractivity contribution in [1.29, 1.82) is 0 Å². The highest BCUT2D eigenvalue weighted by molar-refractivity contribution is 5.65. The number of benzene rings is 1. The Kier molecular flexibility index (Phi) is 3.79. The number of nitrogens with two attached hydrogens (primary N) is 1. The Labute approximate surface area is 82.6 Å². The van der Waals surface area contributed by atoms with Gasteiger partial charge in [0.1, 0.15) is 19.0 Å². The molecule has 76 valence electrons. The Morgan fingerprint density at radius 1 is 1.29 bits per heavy atom. The predicted octanol–water partition coefficient (Wildman–Crippen LogP) is 1.21. The van der Waals surface area contributed by atoms with Crippen molar-refractivity contribution in [3.05, 3.63) is 24.3 Å². The Morgan fingerprint density at radius 2 is 1.93 bits per heavy atom. The summed E-state index contributed by atoms with van der Waals surface area (Å²) in [6.07, 6.45) is 0. The molecule has 1 rings (SSSR count). The molecular formula is C10H13NO3. The first-order valence-corrected chi connectivity index (χ1v) is 4.30. The first-order valence-electron chi connectivity index (χ1n) is 4.30. The van der Waals surface area contributed by atoms with Crippen LogP contribution in [0.3, 0.4) is 0 Å². The lowest BCUT2D eigenvalue weighted by Gasteiger charge is -2.05. The molecule has 0 fully saturated rings. The minimum absolute atomic E-state index is 0.264. The molecule has 0 spiro atoms. The molecule has 2 N–H and O–H groups in total. The second-order valence-corrected chi connectivity index (χ2v) is 2.76. The van der Waals surface area contributed by atoms with Crippen LogP contribution in [0.15, 0.2) is 24.3 Å². The summed E-state index contributed by atoms with van der Waals surface area (Å²) in [5.74, 6) is 0.414. The highest BCUT2D eigenvalue weighted by Crippen LogP contribution is 2.12. The molecule has 14 heavy (non-hydrogen) atoms. The van der Waals surface area contributed by atoms with Crippen LogP contribution < -0.4 is 10.5 Å². The van der Waals surface area contributed by atoms with Crippen LogP contribution >= 0.6 is 0 Å². The van der Waals surface area contributed by atoms with Crippen molar-refractivity contribution in [2.45, 2.75) is 6.92 Å². The number of carbonyl (C=O) groups is 1. The zero-order valence-electron chi connectivity index (χ0n) is 8.03. The van der Waals surface area contributed by atoms with Gasteiger partial charge >= 0.3 is 5.97 Å². The molecule has 0 atom stereocenters. The Bertz CT molecular complexity index is 295. The van der Waals surface area contributed by atoms with E-state index in [-0.39, 0.29) is 12.6 Å². The minimum atomic E-state index is -0.300. The number of anilines is 1. The van der Waals surface area contributed by atoms with Crippen LogP contribution in [0.5, 0.6) is 5.75 Å². The van der Waals surface area contributed by atoms with Gasteiger partial charge in [-0.1, -0.05) is 0 Å². The fraction of sp³-hybridized carbons (Fsp3) is 0.300. The highest BCUT2D eigenvalue weighted by Gasteiger charge is 1.95. The third-order valence-corrected chi connectivity index (χ3v) is 1.54. The van der Waals surface area contributed by atoms with Gasteiger partial charge in [-0.2, -0.15) is 0 Å². The largest absolute Gasteiger partial charge is 0.490 e. The lowest BCUT2D eigenvalue weighted by atomic mass is 10.3. The quantitative estimate of drug-likeness (QED) is 0.445. The average molecular weight is 195 g/mol. The molecule has 0 heterocycles. The number of hydrogen-bond acceptors (Lipinski definition) is 4. The minimum Gasteiger partial charge on any atom is -0.490 e. The lowest BCUT2D eigenvalue weighted by Crippen LogP contribution is -2.09. The van der Waals surface area contributed by atoms with Crippen molar-refractivity contribution in [3.63, 3.8) is 0 Å². The summed E-state index contributed by atoms with van der Waals surface area (Å²) in [4.78, 5) is 10.4. The van der Waals surface area contributed by atoms with Crippen LogP contribution in [0, 0.1) is 0 Å². The van der Waals surface area contributed by atoms with Gasteiger partial charge in [0.25, 0.3) is 0 Å². The molecule has 0 unspecified atom stereocenters. The van der Waals surface area contributed by atoms with Gasteiger partial charge in [-0.05, 0) is 24.3 Å². The van der Waals surface area contributed by atoms with Crippen molar-refractivity contribution in [3.8, 4) is 5.75 Å². The second kappa shape index (κ2) is 5.11. The number of hydrogen-bond donors (Lipinski definition) is 1. The van der Waals surface area contributed by atoms with Gasteiger partial charge in [0.05, 0.1) is 0 Å². The molecule has 0 bridgehead atoms. The van der Waals surface area contributed by atoms with E-state index in [4.69, 9.17) is 15.2 Å². The third kappa shape index (κ3) is 3.80. The van der Waals surface area contributed by atoms with E-state index in [0.717, 1.165) is 0 Å². The van der Waals surface area contributed by atoms with E-state index < -0.39 is 0 Å². The molecule has 4 heteroatoms. The van der Waals surface area contributed by atoms with E-state index in [0.29, 0.717) is 18.0 Å². The summed E-state index contributed by atoms with van der Waals surface area (Å²) in [6.45, 7) is 1.98. The summed E-state index contributed by atoms with van der Waals surface area (Å²) < 4.78 is 9.98. The molecule has 1 aromatic rings. The van der Waals surface area contributed by atoms with Crippen LogP contribution in [0.25, 0.3) is 0 Å². The summed E-state index contributed by atoms with van der Waals surface area (Å²) in [5, 5.41) is 0. The second-order valence-electron chi connectivity index (χ2n) is 2.76. The zero-order valence-corrected chi connectivity index (χ0v) is 8.03. The summed E-state index contributed by atoms with van der Waals surface area (Å²) in [6, 6.07) is 7.04. The molecule has 4 nitrogen and oxygen atoms in total. The fourth-order valence-electron chi connectivity index (χ4n) is 0.909. The maximum Gasteiger partial charge on any atom is 0.302 e. The normalized spacial score (nSPS) is 9.50. The van der Waals surface area contributed by atoms with E-state index in [1.165, 1.54) is 6.92 Å². The van der Waals surface area contributed by atoms with Crippen molar-refractivity contribution < 1.29 is 14.3 Å². The third-order valence-electron chi connectivity index (χ3n) is 1.54. The van der Waals surface area contributed by atoms with E-state index in [1.807, 2.05) is 0 Å². The summed E-state index contributed by atoms with van der Waals surface area (Å²) in [7, 11) is 0. The molecule has 0 saturated heterocycles. The van der Waals surface area contributed by atoms with Gasteiger partial charge in [0.2, 0.25) is 0 Å².